The van der Waals surface area contributed by atoms with Gasteiger partial charge >= 0.3 is 0 Å². The number of hydrogen-bond acceptors (Lipinski definition) is 3. The Hall–Kier alpha value is -2.24. The van der Waals surface area contributed by atoms with Crippen LogP contribution in [0.1, 0.15) is 17.9 Å². The Labute approximate surface area is 129 Å². The molecular formula is C17H13N2O2S-. The maximum atomic E-state index is 11.2. The minimum atomic E-state index is -2.16. The molecule has 0 aliphatic heterocycles. The number of H-pyrrole nitrogens is 1. The summed E-state index contributed by atoms with van der Waals surface area (Å²) in [7, 11) is 0. The van der Waals surface area contributed by atoms with Crippen molar-refractivity contribution in [2.24, 2.45) is 0 Å². The molecule has 0 bridgehead atoms. The molecule has 2 heterocycles. The van der Waals surface area contributed by atoms with Crippen LogP contribution >= 0.6 is 0 Å². The molecule has 0 amide bonds. The Morgan fingerprint density at radius 2 is 2.18 bits per heavy atom. The fourth-order valence-electron chi connectivity index (χ4n) is 3.11. The minimum Gasteiger partial charge on any atom is -0.769 e. The molecule has 4 nitrogen and oxygen atoms in total. The van der Waals surface area contributed by atoms with Crippen molar-refractivity contribution < 1.29 is 8.76 Å². The van der Waals surface area contributed by atoms with E-state index in [0.29, 0.717) is 11.3 Å². The zero-order valence-electron chi connectivity index (χ0n) is 11.7. The quantitative estimate of drug-likeness (QED) is 0.736. The van der Waals surface area contributed by atoms with Crippen LogP contribution in [0.2, 0.25) is 0 Å². The van der Waals surface area contributed by atoms with Crippen molar-refractivity contribution in [2.45, 2.75) is 12.3 Å². The van der Waals surface area contributed by atoms with Crippen LogP contribution in [-0.4, -0.2) is 18.7 Å². The third kappa shape index (κ3) is 2.10. The van der Waals surface area contributed by atoms with Crippen LogP contribution in [0.15, 0.2) is 59.7 Å². The van der Waals surface area contributed by atoms with Crippen LogP contribution in [0, 0.1) is 0 Å². The zero-order valence-corrected chi connectivity index (χ0v) is 12.5. The summed E-state index contributed by atoms with van der Waals surface area (Å²) < 4.78 is 22.5. The topological polar surface area (TPSA) is 68.8 Å². The second kappa shape index (κ2) is 5.19. The maximum Gasteiger partial charge on any atom is 0.138 e. The van der Waals surface area contributed by atoms with Gasteiger partial charge in [0.25, 0.3) is 0 Å². The van der Waals surface area contributed by atoms with Gasteiger partial charge in [0, 0.05) is 33.3 Å². The van der Waals surface area contributed by atoms with Crippen molar-refractivity contribution >= 4 is 33.0 Å². The Kier molecular flexibility index (Phi) is 3.17. The number of allylic oxidation sites excluding steroid dienone is 4. The van der Waals surface area contributed by atoms with E-state index in [0.717, 1.165) is 27.5 Å². The number of aromatic amines is 1. The highest BCUT2D eigenvalue weighted by atomic mass is 32.2. The van der Waals surface area contributed by atoms with E-state index < -0.39 is 11.1 Å². The first kappa shape index (κ1) is 13.4. The first-order valence-corrected chi connectivity index (χ1v) is 8.13. The summed E-state index contributed by atoms with van der Waals surface area (Å²) in [5, 5.41) is 2.19. The van der Waals surface area contributed by atoms with Gasteiger partial charge in [-0.2, -0.15) is 0 Å². The second-order valence-corrected chi connectivity index (χ2v) is 6.35. The number of aromatic nitrogens is 2. The number of pyridine rings is 1. The fourth-order valence-corrected chi connectivity index (χ4v) is 3.61. The van der Waals surface area contributed by atoms with E-state index in [9.17, 15) is 8.76 Å². The summed E-state index contributed by atoms with van der Waals surface area (Å²) >= 11 is -2.16. The molecule has 0 saturated carbocycles. The normalized spacial score (nSPS) is 19.5. The van der Waals surface area contributed by atoms with Crippen LogP contribution < -0.4 is 0 Å². The monoisotopic (exact) mass is 309 g/mol. The minimum absolute atomic E-state index is 0.0563. The molecule has 3 aromatic rings. The van der Waals surface area contributed by atoms with Crippen molar-refractivity contribution in [3.63, 3.8) is 0 Å². The molecule has 4 rings (SSSR count). The van der Waals surface area contributed by atoms with Gasteiger partial charge in [-0.25, -0.2) is 4.98 Å². The lowest BCUT2D eigenvalue weighted by atomic mass is 9.89. The molecule has 22 heavy (non-hydrogen) atoms. The third-order valence-corrected chi connectivity index (χ3v) is 4.82. The van der Waals surface area contributed by atoms with E-state index in [1.165, 1.54) is 0 Å². The lowest BCUT2D eigenvalue weighted by Crippen LogP contribution is -2.05. The van der Waals surface area contributed by atoms with E-state index in [1.807, 2.05) is 30.3 Å². The standard InChI is InChI=1S/C17H14N2O2S/c20-22(21)12-5-1-4-11(10-12)13-6-2-8-15-16(13)14-7-3-9-18-17(14)19-15/h1-9,11H,10H2,(H,18,19)(H,20,21)/p-1. The molecule has 0 spiro atoms. The van der Waals surface area contributed by atoms with E-state index in [1.54, 1.807) is 12.3 Å². The highest BCUT2D eigenvalue weighted by Crippen LogP contribution is 2.36. The molecule has 0 saturated heterocycles. The average Bonchev–Trinajstić information content (AvgIpc) is 2.93. The molecule has 5 heteroatoms. The van der Waals surface area contributed by atoms with Gasteiger partial charge in [-0.1, -0.05) is 30.4 Å². The van der Waals surface area contributed by atoms with Crippen LogP contribution in [0.3, 0.4) is 0 Å². The molecule has 1 aromatic carbocycles. The Morgan fingerprint density at radius 1 is 1.27 bits per heavy atom. The Morgan fingerprint density at radius 3 is 3.05 bits per heavy atom. The summed E-state index contributed by atoms with van der Waals surface area (Å²) in [6.07, 6.45) is 7.81. The number of rotatable bonds is 2. The lowest BCUT2D eigenvalue weighted by molar-refractivity contribution is 0.540. The molecular weight excluding hydrogens is 296 g/mol. The largest absolute Gasteiger partial charge is 0.769 e. The summed E-state index contributed by atoms with van der Waals surface area (Å²) in [6.45, 7) is 0. The highest BCUT2D eigenvalue weighted by Gasteiger charge is 2.18. The average molecular weight is 309 g/mol. The first-order valence-electron chi connectivity index (χ1n) is 7.06. The van der Waals surface area contributed by atoms with Gasteiger partial charge in [-0.3, -0.25) is 4.21 Å². The van der Waals surface area contributed by atoms with Crippen LogP contribution in [0.4, 0.5) is 0 Å². The summed E-state index contributed by atoms with van der Waals surface area (Å²) in [5.74, 6) is 0.0563. The van der Waals surface area contributed by atoms with Gasteiger partial charge in [-0.05, 0) is 41.3 Å². The van der Waals surface area contributed by atoms with Crippen LogP contribution in [-0.2, 0) is 11.1 Å². The van der Waals surface area contributed by atoms with Crippen molar-refractivity contribution in [2.75, 3.05) is 0 Å². The third-order valence-electron chi connectivity index (χ3n) is 4.09. The highest BCUT2D eigenvalue weighted by molar-refractivity contribution is 7.83. The number of benzene rings is 1. The van der Waals surface area contributed by atoms with Crippen molar-refractivity contribution in [1.82, 2.24) is 9.97 Å². The van der Waals surface area contributed by atoms with Gasteiger partial charge in [0.2, 0.25) is 0 Å². The molecule has 1 N–H and O–H groups in total. The van der Waals surface area contributed by atoms with Crippen molar-refractivity contribution in [1.29, 1.82) is 0 Å². The van der Waals surface area contributed by atoms with E-state index >= 15 is 0 Å². The van der Waals surface area contributed by atoms with Gasteiger partial charge in [-0.15, -0.1) is 0 Å². The molecule has 2 atom stereocenters. The summed E-state index contributed by atoms with van der Waals surface area (Å²) in [6, 6.07) is 10.0. The lowest BCUT2D eigenvalue weighted by Gasteiger charge is -2.21. The molecule has 0 radical (unpaired) electrons. The van der Waals surface area contributed by atoms with Crippen LogP contribution in [0.25, 0.3) is 21.9 Å². The molecule has 1 aliphatic carbocycles. The number of fused-ring (bicyclic) bond motifs is 3. The number of hydrogen-bond donors (Lipinski definition) is 1. The van der Waals surface area contributed by atoms with Gasteiger partial charge in [0.1, 0.15) is 5.65 Å². The van der Waals surface area contributed by atoms with E-state index in [4.69, 9.17) is 0 Å². The van der Waals surface area contributed by atoms with Crippen molar-refractivity contribution in [3.05, 3.63) is 65.2 Å². The summed E-state index contributed by atoms with van der Waals surface area (Å²) in [4.78, 5) is 8.13. The Balaban J connectivity index is 1.91. The summed E-state index contributed by atoms with van der Waals surface area (Å²) in [5.41, 5.74) is 3.01. The molecule has 2 unspecified atom stereocenters. The van der Waals surface area contributed by atoms with Gasteiger partial charge in [0.05, 0.1) is 0 Å². The molecule has 1 aliphatic rings. The van der Waals surface area contributed by atoms with E-state index in [-0.39, 0.29) is 5.92 Å². The van der Waals surface area contributed by atoms with Gasteiger partial charge in [0.15, 0.2) is 0 Å². The predicted octanol–water partition coefficient (Wildman–Crippen LogP) is 3.52. The molecule has 0 fully saturated rings. The van der Waals surface area contributed by atoms with Crippen molar-refractivity contribution in [3.8, 4) is 0 Å². The first-order chi connectivity index (χ1) is 10.7. The van der Waals surface area contributed by atoms with Gasteiger partial charge < -0.3 is 9.54 Å². The second-order valence-electron chi connectivity index (χ2n) is 5.36. The molecule has 2 aromatic heterocycles. The number of nitrogens with zero attached hydrogens (tertiary/aromatic N) is 1. The maximum absolute atomic E-state index is 11.2. The predicted molar refractivity (Wildman–Crippen MR) is 87.1 cm³/mol. The smallest absolute Gasteiger partial charge is 0.138 e. The SMILES string of the molecule is O=S([O-])C1=CC=CC(c2cccc3[nH]c4ncccc4c23)C1. The van der Waals surface area contributed by atoms with Crippen LogP contribution in [0.5, 0.6) is 0 Å². The molecule has 110 valence electrons. The Bertz CT molecular complexity index is 956. The van der Waals surface area contributed by atoms with E-state index in [2.05, 4.69) is 22.1 Å². The zero-order chi connectivity index (χ0) is 15.1. The fraction of sp³-hybridized carbons (Fsp3) is 0.118. The number of nitrogens with one attached hydrogen (secondary N) is 1.